The van der Waals surface area contributed by atoms with E-state index in [0.29, 0.717) is 22.2 Å². The van der Waals surface area contributed by atoms with Gasteiger partial charge in [-0.1, -0.05) is 23.2 Å². The first-order valence-corrected chi connectivity index (χ1v) is 8.18. The quantitative estimate of drug-likeness (QED) is 0.752. The largest absolute Gasteiger partial charge is 0.482 e. The minimum absolute atomic E-state index is 0.273. The van der Waals surface area contributed by atoms with E-state index in [9.17, 15) is 9.59 Å². The Morgan fingerprint density at radius 3 is 2.76 bits per heavy atom. The highest BCUT2D eigenvalue weighted by atomic mass is 35.5. The SMILES string of the molecule is CSCC[C@H](NC(=O)COc1cc(Cl)ccc1Cl)C(=O)O. The maximum absolute atomic E-state index is 11.7. The van der Waals surface area contributed by atoms with E-state index in [0.717, 1.165) is 0 Å². The van der Waals surface area contributed by atoms with Crippen LogP contribution in [0.5, 0.6) is 5.75 Å². The molecule has 21 heavy (non-hydrogen) atoms. The summed E-state index contributed by atoms with van der Waals surface area (Å²) in [6, 6.07) is 3.71. The van der Waals surface area contributed by atoms with E-state index in [-0.39, 0.29) is 12.4 Å². The van der Waals surface area contributed by atoms with Crippen molar-refractivity contribution in [3.05, 3.63) is 28.2 Å². The van der Waals surface area contributed by atoms with Crippen LogP contribution in [0.25, 0.3) is 0 Å². The first-order chi connectivity index (χ1) is 9.93. The average molecular weight is 352 g/mol. The Kier molecular flexibility index (Phi) is 7.71. The Morgan fingerprint density at radius 1 is 1.43 bits per heavy atom. The minimum atomic E-state index is -1.07. The van der Waals surface area contributed by atoms with Gasteiger partial charge in [0.05, 0.1) is 5.02 Å². The number of amides is 1. The van der Waals surface area contributed by atoms with Gasteiger partial charge in [0, 0.05) is 11.1 Å². The summed E-state index contributed by atoms with van der Waals surface area (Å²) in [7, 11) is 0. The highest BCUT2D eigenvalue weighted by molar-refractivity contribution is 7.98. The van der Waals surface area contributed by atoms with Crippen molar-refractivity contribution in [2.45, 2.75) is 12.5 Å². The summed E-state index contributed by atoms with van der Waals surface area (Å²) in [6.45, 7) is -0.330. The number of aliphatic carboxylic acids is 1. The van der Waals surface area contributed by atoms with E-state index in [4.69, 9.17) is 33.0 Å². The lowest BCUT2D eigenvalue weighted by atomic mass is 10.2. The van der Waals surface area contributed by atoms with Gasteiger partial charge in [-0.25, -0.2) is 4.79 Å². The molecule has 116 valence electrons. The zero-order chi connectivity index (χ0) is 15.8. The van der Waals surface area contributed by atoms with Gasteiger partial charge in [-0.2, -0.15) is 11.8 Å². The van der Waals surface area contributed by atoms with Gasteiger partial charge in [0.1, 0.15) is 11.8 Å². The predicted molar refractivity (Wildman–Crippen MR) is 84.5 cm³/mol. The van der Waals surface area contributed by atoms with E-state index < -0.39 is 17.9 Å². The summed E-state index contributed by atoms with van der Waals surface area (Å²) < 4.78 is 5.24. The van der Waals surface area contributed by atoms with Crippen LogP contribution in [-0.4, -0.2) is 41.6 Å². The van der Waals surface area contributed by atoms with Crippen LogP contribution in [-0.2, 0) is 9.59 Å². The normalized spacial score (nSPS) is 11.8. The molecule has 0 saturated heterocycles. The zero-order valence-corrected chi connectivity index (χ0v) is 13.6. The average Bonchev–Trinajstić information content (AvgIpc) is 2.44. The van der Waals surface area contributed by atoms with Crippen LogP contribution in [0.15, 0.2) is 18.2 Å². The summed E-state index contributed by atoms with van der Waals surface area (Å²) in [6.07, 6.45) is 2.21. The zero-order valence-electron chi connectivity index (χ0n) is 11.3. The molecule has 0 aliphatic carbocycles. The molecule has 2 N–H and O–H groups in total. The molecular weight excluding hydrogens is 337 g/mol. The maximum Gasteiger partial charge on any atom is 0.326 e. The fourth-order valence-corrected chi connectivity index (χ4v) is 2.27. The summed E-state index contributed by atoms with van der Waals surface area (Å²) in [5.41, 5.74) is 0. The number of carbonyl (C=O) groups is 2. The van der Waals surface area contributed by atoms with Gasteiger partial charge in [-0.15, -0.1) is 0 Å². The van der Waals surface area contributed by atoms with E-state index >= 15 is 0 Å². The fraction of sp³-hybridized carbons (Fsp3) is 0.385. The molecule has 1 amide bonds. The Morgan fingerprint density at radius 2 is 2.14 bits per heavy atom. The highest BCUT2D eigenvalue weighted by Crippen LogP contribution is 2.27. The van der Waals surface area contributed by atoms with Gasteiger partial charge in [0.15, 0.2) is 6.61 Å². The van der Waals surface area contributed by atoms with Gasteiger partial charge >= 0.3 is 5.97 Å². The molecule has 1 rings (SSSR count). The first kappa shape index (κ1) is 17.9. The Balaban J connectivity index is 2.52. The third-order valence-electron chi connectivity index (χ3n) is 2.50. The van der Waals surface area contributed by atoms with Crippen LogP contribution in [0.1, 0.15) is 6.42 Å². The third-order valence-corrected chi connectivity index (χ3v) is 3.69. The molecular formula is C13H15Cl2NO4S. The van der Waals surface area contributed by atoms with E-state index in [1.165, 1.54) is 17.8 Å². The first-order valence-electron chi connectivity index (χ1n) is 6.03. The van der Waals surface area contributed by atoms with Crippen molar-refractivity contribution in [3.8, 4) is 5.75 Å². The lowest BCUT2D eigenvalue weighted by Gasteiger charge is -2.14. The lowest BCUT2D eigenvalue weighted by molar-refractivity contribution is -0.142. The second-order valence-corrected chi connectivity index (χ2v) is 5.93. The van der Waals surface area contributed by atoms with Gasteiger partial charge in [0.25, 0.3) is 5.91 Å². The molecule has 8 heteroatoms. The van der Waals surface area contributed by atoms with E-state index in [2.05, 4.69) is 5.32 Å². The molecule has 0 bridgehead atoms. The van der Waals surface area contributed by atoms with Crippen molar-refractivity contribution in [1.82, 2.24) is 5.32 Å². The molecule has 0 heterocycles. The smallest absolute Gasteiger partial charge is 0.326 e. The van der Waals surface area contributed by atoms with Crippen molar-refractivity contribution in [2.75, 3.05) is 18.6 Å². The van der Waals surface area contributed by atoms with Crippen LogP contribution in [0.3, 0.4) is 0 Å². The van der Waals surface area contributed by atoms with Gasteiger partial charge in [-0.05, 0) is 30.6 Å². The fourth-order valence-electron chi connectivity index (χ4n) is 1.46. The standard InChI is InChI=1S/C13H15Cl2NO4S/c1-21-5-4-10(13(18)19)16-12(17)7-20-11-6-8(14)2-3-9(11)15/h2-3,6,10H,4-5,7H2,1H3,(H,16,17)(H,18,19)/t10-/m0/s1. The lowest BCUT2D eigenvalue weighted by Crippen LogP contribution is -2.43. The van der Waals surface area contributed by atoms with Crippen molar-refractivity contribution in [2.24, 2.45) is 0 Å². The number of nitrogens with one attached hydrogen (secondary N) is 1. The number of halogens is 2. The number of carboxylic acids is 1. The Labute approximate surface area is 136 Å². The molecule has 0 fully saturated rings. The molecule has 1 aromatic carbocycles. The van der Waals surface area contributed by atoms with Crippen LogP contribution in [0.4, 0.5) is 0 Å². The number of carbonyl (C=O) groups excluding carboxylic acids is 1. The van der Waals surface area contributed by atoms with Crippen LogP contribution >= 0.6 is 35.0 Å². The van der Waals surface area contributed by atoms with Crippen LogP contribution in [0, 0.1) is 0 Å². The molecule has 0 aliphatic heterocycles. The number of hydrogen-bond donors (Lipinski definition) is 2. The number of thioether (sulfide) groups is 1. The molecule has 0 aliphatic rings. The van der Waals surface area contributed by atoms with Crippen LogP contribution < -0.4 is 10.1 Å². The second kappa shape index (κ2) is 9.02. The van der Waals surface area contributed by atoms with Crippen LogP contribution in [0.2, 0.25) is 10.0 Å². The van der Waals surface area contributed by atoms with Crippen molar-refractivity contribution in [1.29, 1.82) is 0 Å². The van der Waals surface area contributed by atoms with Gasteiger partial charge in [-0.3, -0.25) is 4.79 Å². The topological polar surface area (TPSA) is 75.6 Å². The van der Waals surface area contributed by atoms with E-state index in [1.54, 1.807) is 12.1 Å². The van der Waals surface area contributed by atoms with Gasteiger partial charge in [0.2, 0.25) is 0 Å². The predicted octanol–water partition coefficient (Wildman–Crippen LogP) is 2.69. The number of rotatable bonds is 8. The monoisotopic (exact) mass is 351 g/mol. The summed E-state index contributed by atoms with van der Waals surface area (Å²) in [5, 5.41) is 12.2. The summed E-state index contributed by atoms with van der Waals surface area (Å²) in [5.74, 6) is -0.689. The number of carboxylic acid groups (broad SMARTS) is 1. The molecule has 1 aromatic rings. The minimum Gasteiger partial charge on any atom is -0.482 e. The van der Waals surface area contributed by atoms with E-state index in [1.807, 2.05) is 6.26 Å². The van der Waals surface area contributed by atoms with Gasteiger partial charge < -0.3 is 15.2 Å². The Bertz CT molecular complexity index is 513. The molecule has 0 spiro atoms. The molecule has 5 nitrogen and oxygen atoms in total. The molecule has 0 saturated carbocycles. The van der Waals surface area contributed by atoms with Crippen molar-refractivity contribution < 1.29 is 19.4 Å². The summed E-state index contributed by atoms with van der Waals surface area (Å²) >= 11 is 13.2. The highest BCUT2D eigenvalue weighted by Gasteiger charge is 2.19. The number of benzene rings is 1. The number of hydrogen-bond acceptors (Lipinski definition) is 4. The Hall–Kier alpha value is -1.11. The van der Waals surface area contributed by atoms with Crippen molar-refractivity contribution in [3.63, 3.8) is 0 Å². The number of ether oxygens (including phenoxy) is 1. The van der Waals surface area contributed by atoms with Crippen molar-refractivity contribution >= 4 is 46.8 Å². The molecule has 0 aromatic heterocycles. The molecule has 0 radical (unpaired) electrons. The molecule has 0 unspecified atom stereocenters. The second-order valence-electron chi connectivity index (χ2n) is 4.10. The molecule has 1 atom stereocenters. The summed E-state index contributed by atoms with van der Waals surface area (Å²) in [4.78, 5) is 22.7. The maximum atomic E-state index is 11.7. The third kappa shape index (κ3) is 6.46.